The summed E-state index contributed by atoms with van der Waals surface area (Å²) in [6.45, 7) is 6.47. The molecule has 5 rings (SSSR count). The third kappa shape index (κ3) is 8.54. The first-order valence-electron chi connectivity index (χ1n) is 14.5. The summed E-state index contributed by atoms with van der Waals surface area (Å²) in [5.74, 6) is -0.815. The van der Waals surface area contributed by atoms with Crippen LogP contribution in [-0.4, -0.2) is 61.2 Å². The number of halogens is 1. The number of rotatable bonds is 8. The van der Waals surface area contributed by atoms with E-state index in [-0.39, 0.29) is 18.4 Å². The highest BCUT2D eigenvalue weighted by Gasteiger charge is 2.26. The lowest BCUT2D eigenvalue weighted by molar-refractivity contribution is -0.123. The molecule has 0 saturated carbocycles. The van der Waals surface area contributed by atoms with E-state index in [1.165, 1.54) is 17.1 Å². The smallest absolute Gasteiger partial charge is 0.410 e. The Labute approximate surface area is 266 Å². The van der Waals surface area contributed by atoms with Gasteiger partial charge in [-0.2, -0.15) is 4.68 Å². The van der Waals surface area contributed by atoms with Gasteiger partial charge >= 0.3 is 6.09 Å². The fourth-order valence-corrected chi connectivity index (χ4v) is 5.11. The lowest BCUT2D eigenvalue weighted by Crippen LogP contribution is -2.44. The highest BCUT2D eigenvalue weighted by atomic mass is 35.5. The Morgan fingerprint density at radius 1 is 1.04 bits per heavy atom. The molecule has 3 amide bonds. The molecular formula is C33H34ClN7O4. The third-order valence-corrected chi connectivity index (χ3v) is 7.29. The van der Waals surface area contributed by atoms with Crippen LogP contribution in [0, 0.1) is 0 Å². The molecule has 2 N–H and O–H groups in total. The molecule has 232 valence electrons. The zero-order chi connectivity index (χ0) is 32.0. The number of tetrazole rings is 1. The van der Waals surface area contributed by atoms with Crippen molar-refractivity contribution in [1.29, 1.82) is 0 Å². The Balaban J connectivity index is 1.29. The van der Waals surface area contributed by atoms with Crippen LogP contribution in [0.15, 0.2) is 79.1 Å². The first kappa shape index (κ1) is 31.4. The van der Waals surface area contributed by atoms with Gasteiger partial charge in [-0.1, -0.05) is 48.0 Å². The fraction of sp³-hybridized carbons (Fsp3) is 0.273. The summed E-state index contributed by atoms with van der Waals surface area (Å²) in [5.41, 5.74) is 4.22. The van der Waals surface area contributed by atoms with Crippen LogP contribution in [0.4, 0.5) is 10.5 Å². The van der Waals surface area contributed by atoms with Gasteiger partial charge in [-0.15, -0.1) is 5.10 Å². The topological polar surface area (TPSA) is 131 Å². The molecule has 0 bridgehead atoms. The number of amides is 3. The molecule has 12 heteroatoms. The van der Waals surface area contributed by atoms with Gasteiger partial charge in [-0.3, -0.25) is 9.59 Å². The molecule has 11 nitrogen and oxygen atoms in total. The van der Waals surface area contributed by atoms with Gasteiger partial charge < -0.3 is 20.3 Å². The summed E-state index contributed by atoms with van der Waals surface area (Å²) in [5, 5.41) is 17.5. The number of carbonyl (C=O) groups is 3. The molecule has 3 aromatic carbocycles. The van der Waals surface area contributed by atoms with Crippen LogP contribution < -0.4 is 10.6 Å². The minimum Gasteiger partial charge on any atom is -0.444 e. The second-order valence-electron chi connectivity index (χ2n) is 11.7. The maximum absolute atomic E-state index is 13.6. The predicted octanol–water partition coefficient (Wildman–Crippen LogP) is 4.99. The molecule has 0 spiro atoms. The number of fused-ring (bicyclic) bond motifs is 1. The van der Waals surface area contributed by atoms with Crippen LogP contribution in [0.25, 0.3) is 11.8 Å². The molecule has 1 aliphatic heterocycles. The van der Waals surface area contributed by atoms with E-state index in [1.54, 1.807) is 35.2 Å². The summed E-state index contributed by atoms with van der Waals surface area (Å²) < 4.78 is 6.99. The van der Waals surface area contributed by atoms with E-state index < -0.39 is 17.6 Å². The van der Waals surface area contributed by atoms with Crippen LogP contribution in [0.2, 0.25) is 5.02 Å². The van der Waals surface area contributed by atoms with Gasteiger partial charge in [-0.25, -0.2) is 4.79 Å². The summed E-state index contributed by atoms with van der Waals surface area (Å²) in [4.78, 5) is 40.9. The Kier molecular flexibility index (Phi) is 9.58. The SMILES string of the molecule is CC(C)(C)OC(=O)N1CCc2cc(NC(=O)[C@H](Cc3ccccc3)NC(=O)/C=C/c3cc(Cl)ccc3-n3cnnn3)ccc2C1. The summed E-state index contributed by atoms with van der Waals surface area (Å²) in [7, 11) is 0. The molecule has 0 saturated heterocycles. The highest BCUT2D eigenvalue weighted by Crippen LogP contribution is 2.25. The lowest BCUT2D eigenvalue weighted by Gasteiger charge is -2.31. The zero-order valence-corrected chi connectivity index (χ0v) is 26.0. The van der Waals surface area contributed by atoms with E-state index in [1.807, 2.05) is 63.2 Å². The van der Waals surface area contributed by atoms with E-state index in [0.717, 1.165) is 16.7 Å². The standard InChI is InChI=1S/C33H34ClN7O4/c1-33(2,3)45-32(44)40-16-15-23-19-27(12-9-25(23)20-40)36-31(43)28(17-22-7-5-4-6-8-22)37-30(42)14-10-24-18-26(34)11-13-29(24)41-21-35-38-39-41/h4-14,18-19,21,28H,15-17,20H2,1-3H3,(H,36,43)(H,37,42)/b14-10+/t28-/m0/s1. The van der Waals surface area contributed by atoms with Crippen molar-refractivity contribution in [3.8, 4) is 5.69 Å². The van der Waals surface area contributed by atoms with Crippen LogP contribution in [0.3, 0.4) is 0 Å². The number of nitrogens with one attached hydrogen (secondary N) is 2. The average molecular weight is 628 g/mol. The van der Waals surface area contributed by atoms with Crippen molar-refractivity contribution >= 4 is 41.3 Å². The van der Waals surface area contributed by atoms with Gasteiger partial charge in [0.2, 0.25) is 11.8 Å². The van der Waals surface area contributed by atoms with Crippen molar-refractivity contribution in [2.75, 3.05) is 11.9 Å². The van der Waals surface area contributed by atoms with Crippen molar-refractivity contribution in [2.24, 2.45) is 0 Å². The predicted molar refractivity (Wildman–Crippen MR) is 171 cm³/mol. The first-order valence-corrected chi connectivity index (χ1v) is 14.9. The molecule has 1 atom stereocenters. The van der Waals surface area contributed by atoms with Gasteiger partial charge in [0.1, 0.15) is 18.0 Å². The number of ether oxygens (including phenoxy) is 1. The van der Waals surface area contributed by atoms with E-state index in [9.17, 15) is 14.4 Å². The number of carbonyl (C=O) groups excluding carboxylic acids is 3. The molecule has 0 unspecified atom stereocenters. The van der Waals surface area contributed by atoms with Crippen molar-refractivity contribution in [1.82, 2.24) is 30.4 Å². The number of hydrogen-bond acceptors (Lipinski definition) is 7. The Hall–Kier alpha value is -5.03. The van der Waals surface area contributed by atoms with E-state index >= 15 is 0 Å². The van der Waals surface area contributed by atoms with E-state index in [0.29, 0.717) is 41.5 Å². The number of aromatic nitrogens is 4. The van der Waals surface area contributed by atoms with Crippen LogP contribution in [0.1, 0.15) is 43.0 Å². The van der Waals surface area contributed by atoms with Crippen LogP contribution in [0.5, 0.6) is 0 Å². The maximum Gasteiger partial charge on any atom is 0.410 e. The Bertz CT molecular complexity index is 1700. The number of hydrogen-bond donors (Lipinski definition) is 2. The van der Waals surface area contributed by atoms with Crippen LogP contribution in [-0.2, 0) is 33.7 Å². The third-order valence-electron chi connectivity index (χ3n) is 7.05. The van der Waals surface area contributed by atoms with E-state index in [2.05, 4.69) is 26.2 Å². The van der Waals surface area contributed by atoms with Crippen molar-refractivity contribution in [3.05, 3.63) is 106 Å². The quantitative estimate of drug-likeness (QED) is 0.263. The number of anilines is 1. The molecule has 0 radical (unpaired) electrons. The van der Waals surface area contributed by atoms with E-state index in [4.69, 9.17) is 16.3 Å². The van der Waals surface area contributed by atoms with Crippen molar-refractivity contribution < 1.29 is 19.1 Å². The minimum atomic E-state index is -0.860. The van der Waals surface area contributed by atoms with Gasteiger partial charge in [0.05, 0.1) is 5.69 Å². The lowest BCUT2D eigenvalue weighted by atomic mass is 9.99. The Morgan fingerprint density at radius 2 is 1.84 bits per heavy atom. The molecule has 1 aliphatic rings. The van der Waals surface area contributed by atoms with Gasteiger partial charge in [0.25, 0.3) is 0 Å². The van der Waals surface area contributed by atoms with Crippen molar-refractivity contribution in [3.63, 3.8) is 0 Å². The molecule has 2 heterocycles. The first-order chi connectivity index (χ1) is 21.5. The molecule has 4 aromatic rings. The molecule has 0 aliphatic carbocycles. The molecule has 1 aromatic heterocycles. The highest BCUT2D eigenvalue weighted by molar-refractivity contribution is 6.30. The van der Waals surface area contributed by atoms with Gasteiger partial charge in [-0.05, 0) is 90.7 Å². The zero-order valence-electron chi connectivity index (χ0n) is 25.2. The van der Waals surface area contributed by atoms with Crippen LogP contribution >= 0.6 is 11.6 Å². The summed E-state index contributed by atoms with van der Waals surface area (Å²) in [6, 6.07) is 19.4. The molecule has 0 fully saturated rings. The maximum atomic E-state index is 13.6. The van der Waals surface area contributed by atoms with Gasteiger partial charge in [0.15, 0.2) is 0 Å². The second-order valence-corrected chi connectivity index (χ2v) is 12.1. The Morgan fingerprint density at radius 3 is 2.58 bits per heavy atom. The second kappa shape index (κ2) is 13.7. The summed E-state index contributed by atoms with van der Waals surface area (Å²) in [6.07, 6.45) is 4.96. The fourth-order valence-electron chi connectivity index (χ4n) is 4.93. The number of nitrogens with zero attached hydrogens (tertiary/aromatic N) is 5. The van der Waals surface area contributed by atoms with Crippen molar-refractivity contribution in [2.45, 2.75) is 51.8 Å². The monoisotopic (exact) mass is 627 g/mol. The average Bonchev–Trinajstić information content (AvgIpc) is 3.54. The van der Waals surface area contributed by atoms with Gasteiger partial charge in [0, 0.05) is 41.9 Å². The summed E-state index contributed by atoms with van der Waals surface area (Å²) >= 11 is 6.20. The molecule has 45 heavy (non-hydrogen) atoms. The normalized spacial score (nSPS) is 13.6. The minimum absolute atomic E-state index is 0.287. The number of benzene rings is 3. The molecular weight excluding hydrogens is 594 g/mol. The largest absolute Gasteiger partial charge is 0.444 e.